The Morgan fingerprint density at radius 2 is 1.87 bits per heavy atom. The van der Waals surface area contributed by atoms with E-state index in [4.69, 9.17) is 27.6 Å². The molecule has 166 valence electrons. The summed E-state index contributed by atoms with van der Waals surface area (Å²) >= 11 is 11.9. The average molecular weight is 491 g/mol. The fraction of sp³-hybridized carbons (Fsp3) is 0.286. The summed E-state index contributed by atoms with van der Waals surface area (Å²) in [5, 5.41) is 30.5. The molecule has 1 aliphatic heterocycles. The van der Waals surface area contributed by atoms with Gasteiger partial charge in [0.15, 0.2) is 5.43 Å². The highest BCUT2D eigenvalue weighted by Gasteiger charge is 2.36. The van der Waals surface area contributed by atoms with E-state index in [1.807, 2.05) is 11.9 Å². The molecule has 0 radical (unpaired) electrons. The number of hydrogen-bond acceptors (Lipinski definition) is 6. The molecule has 3 N–H and O–H groups in total. The van der Waals surface area contributed by atoms with Crippen molar-refractivity contribution >= 4 is 46.6 Å². The zero-order valence-electron chi connectivity index (χ0n) is 16.2. The van der Waals surface area contributed by atoms with Crippen LogP contribution in [0.3, 0.4) is 0 Å². The molecule has 0 bridgehead atoms. The maximum absolute atomic E-state index is 14.0. The molecule has 0 amide bonds. The first-order valence-corrected chi connectivity index (χ1v) is 9.97. The van der Waals surface area contributed by atoms with Crippen LogP contribution in [-0.4, -0.2) is 46.5 Å². The maximum Gasteiger partial charge on any atom is 0.197 e. The van der Waals surface area contributed by atoms with E-state index in [1.165, 1.54) is 6.07 Å². The lowest BCUT2D eigenvalue weighted by molar-refractivity contribution is 0.172. The molecule has 1 aromatic heterocycles. The Bertz CT molecular complexity index is 1220. The van der Waals surface area contributed by atoms with Crippen LogP contribution >= 0.6 is 35.6 Å². The van der Waals surface area contributed by atoms with Crippen molar-refractivity contribution in [1.29, 1.82) is 0 Å². The summed E-state index contributed by atoms with van der Waals surface area (Å²) in [6.45, 7) is 0.497. The Morgan fingerprint density at radius 3 is 2.55 bits per heavy atom. The van der Waals surface area contributed by atoms with Gasteiger partial charge in [-0.3, -0.25) is 4.79 Å². The van der Waals surface area contributed by atoms with Crippen molar-refractivity contribution in [3.05, 3.63) is 55.9 Å². The second kappa shape index (κ2) is 8.84. The Kier molecular flexibility index (Phi) is 6.74. The molecule has 0 unspecified atom stereocenters. The molecule has 31 heavy (non-hydrogen) atoms. The van der Waals surface area contributed by atoms with Crippen LogP contribution in [0.25, 0.3) is 22.3 Å². The number of halogens is 4. The Hall–Kier alpha value is -2.03. The molecule has 4 rings (SSSR count). The van der Waals surface area contributed by atoms with Gasteiger partial charge >= 0.3 is 0 Å². The summed E-state index contributed by atoms with van der Waals surface area (Å²) in [4.78, 5) is 14.8. The van der Waals surface area contributed by atoms with Gasteiger partial charge in [-0.25, -0.2) is 4.39 Å². The lowest BCUT2D eigenvalue weighted by atomic mass is 9.89. The third-order valence-electron chi connectivity index (χ3n) is 5.65. The number of likely N-dealkylation sites (N-methyl/N-ethyl adjacent to an activating group) is 1. The zero-order valence-corrected chi connectivity index (χ0v) is 18.6. The second-order valence-electron chi connectivity index (χ2n) is 7.38. The summed E-state index contributed by atoms with van der Waals surface area (Å²) in [5.74, 6) is -1.82. The molecule has 1 aliphatic rings. The number of benzene rings is 2. The van der Waals surface area contributed by atoms with Gasteiger partial charge in [0.2, 0.25) is 0 Å². The number of nitrogens with zero attached hydrogens (tertiary/aromatic N) is 1. The second-order valence-corrected chi connectivity index (χ2v) is 8.19. The van der Waals surface area contributed by atoms with Crippen LogP contribution in [0.15, 0.2) is 33.5 Å². The highest BCUT2D eigenvalue weighted by atomic mass is 35.5. The van der Waals surface area contributed by atoms with Crippen molar-refractivity contribution in [3.8, 4) is 22.8 Å². The number of hydrogen-bond donors (Lipinski definition) is 3. The number of phenols is 2. The molecular formula is C21H19Cl3FNO5. The van der Waals surface area contributed by atoms with Crippen LogP contribution in [0, 0.1) is 5.82 Å². The Morgan fingerprint density at radius 1 is 1.16 bits per heavy atom. The molecule has 2 aromatic carbocycles. The third kappa shape index (κ3) is 3.97. The highest BCUT2D eigenvalue weighted by Crippen LogP contribution is 2.44. The van der Waals surface area contributed by atoms with Crippen molar-refractivity contribution in [3.63, 3.8) is 0 Å². The van der Waals surface area contributed by atoms with E-state index in [0.29, 0.717) is 18.5 Å². The first kappa shape index (κ1) is 23.6. The van der Waals surface area contributed by atoms with Crippen molar-refractivity contribution in [1.82, 2.24) is 4.90 Å². The van der Waals surface area contributed by atoms with Gasteiger partial charge in [0, 0.05) is 35.2 Å². The fourth-order valence-corrected chi connectivity index (χ4v) is 4.61. The summed E-state index contributed by atoms with van der Waals surface area (Å²) in [5.41, 5.74) is -0.201. The minimum Gasteiger partial charge on any atom is -0.507 e. The number of aliphatic hydroxyl groups is 1. The monoisotopic (exact) mass is 489 g/mol. The van der Waals surface area contributed by atoms with Crippen LogP contribution in [0.2, 0.25) is 10.0 Å². The van der Waals surface area contributed by atoms with Gasteiger partial charge in [-0.2, -0.15) is 0 Å². The number of aromatic hydroxyl groups is 2. The smallest absolute Gasteiger partial charge is 0.197 e. The average Bonchev–Trinajstić information content (AvgIpc) is 3.04. The lowest BCUT2D eigenvalue weighted by Crippen LogP contribution is -2.32. The van der Waals surface area contributed by atoms with Crippen LogP contribution in [0.1, 0.15) is 17.9 Å². The Balaban J connectivity index is 0.00000272. The molecular weight excluding hydrogens is 472 g/mol. The van der Waals surface area contributed by atoms with Crippen molar-refractivity contribution < 1.29 is 24.1 Å². The predicted octanol–water partition coefficient (Wildman–Crippen LogP) is 4.52. The standard InChI is InChI=1S/C21H18Cl2FNO5.ClH/c1-25-3-2-9(14(25)8-26)19-15(27)6-16(28)20-17(29)7-18(30-21(19)20)10-4-13(24)12(23)5-11(10)22;/h4-7,9,14,26-28H,2-3,8H2,1H3;1H/t9-,14+;/m0./s1. The zero-order chi connectivity index (χ0) is 21.7. The number of rotatable bonds is 3. The van der Waals surface area contributed by atoms with E-state index in [9.17, 15) is 24.5 Å². The SMILES string of the molecule is CN1CC[C@H](c2c(O)cc(O)c3c(=O)cc(-c4cc(F)c(Cl)cc4Cl)oc23)[C@H]1CO.Cl. The molecule has 0 aliphatic carbocycles. The quantitative estimate of drug-likeness (QED) is 0.468. The van der Waals surface area contributed by atoms with Crippen molar-refractivity contribution in [2.45, 2.75) is 18.4 Å². The molecule has 0 spiro atoms. The molecule has 0 saturated carbocycles. The van der Waals surface area contributed by atoms with Crippen LogP contribution < -0.4 is 5.43 Å². The molecule has 6 nitrogen and oxygen atoms in total. The molecule has 2 atom stereocenters. The van der Waals surface area contributed by atoms with Crippen LogP contribution in [-0.2, 0) is 0 Å². The molecule has 1 saturated heterocycles. The van der Waals surface area contributed by atoms with E-state index in [2.05, 4.69) is 0 Å². The minimum atomic E-state index is -0.740. The third-order valence-corrected chi connectivity index (χ3v) is 6.26. The van der Waals surface area contributed by atoms with Crippen molar-refractivity contribution in [2.75, 3.05) is 20.2 Å². The van der Waals surface area contributed by atoms with Gasteiger partial charge in [0.05, 0.1) is 16.7 Å². The fourth-order valence-electron chi connectivity index (χ4n) is 4.14. The summed E-state index contributed by atoms with van der Waals surface area (Å²) in [7, 11) is 1.85. The van der Waals surface area contributed by atoms with E-state index in [1.54, 1.807) is 0 Å². The topological polar surface area (TPSA) is 94.1 Å². The predicted molar refractivity (Wildman–Crippen MR) is 119 cm³/mol. The van der Waals surface area contributed by atoms with E-state index < -0.39 is 17.0 Å². The number of phenolic OH excluding ortho intramolecular Hbond substituents is 2. The van der Waals surface area contributed by atoms with Gasteiger partial charge in [0.25, 0.3) is 0 Å². The first-order valence-electron chi connectivity index (χ1n) is 9.21. The van der Waals surface area contributed by atoms with Crippen LogP contribution in [0.4, 0.5) is 4.39 Å². The number of likely N-dealkylation sites (tertiary alicyclic amines) is 1. The van der Waals surface area contributed by atoms with E-state index >= 15 is 0 Å². The van der Waals surface area contributed by atoms with Gasteiger partial charge < -0.3 is 24.6 Å². The molecule has 2 heterocycles. The van der Waals surface area contributed by atoms with Gasteiger partial charge in [-0.1, -0.05) is 23.2 Å². The van der Waals surface area contributed by atoms with E-state index in [-0.39, 0.29) is 69.1 Å². The molecule has 1 fully saturated rings. The Labute approximate surface area is 192 Å². The summed E-state index contributed by atoms with van der Waals surface area (Å²) in [6.07, 6.45) is 0.597. The normalized spacial score (nSPS) is 19.0. The first-order chi connectivity index (χ1) is 14.2. The largest absolute Gasteiger partial charge is 0.507 e. The lowest BCUT2D eigenvalue weighted by Gasteiger charge is -2.24. The molecule has 10 heteroatoms. The van der Waals surface area contributed by atoms with E-state index in [0.717, 1.165) is 18.2 Å². The number of fused-ring (bicyclic) bond motifs is 1. The maximum atomic E-state index is 14.0. The minimum absolute atomic E-state index is 0. The van der Waals surface area contributed by atoms with Gasteiger partial charge in [0.1, 0.15) is 34.0 Å². The number of aliphatic hydroxyl groups excluding tert-OH is 1. The van der Waals surface area contributed by atoms with Crippen LogP contribution in [0.5, 0.6) is 11.5 Å². The molecule has 3 aromatic rings. The van der Waals surface area contributed by atoms with Gasteiger partial charge in [-0.15, -0.1) is 12.4 Å². The summed E-state index contributed by atoms with van der Waals surface area (Å²) < 4.78 is 20.0. The summed E-state index contributed by atoms with van der Waals surface area (Å²) in [6, 6.07) is 4.13. The van der Waals surface area contributed by atoms with Gasteiger partial charge in [-0.05, 0) is 32.1 Å². The van der Waals surface area contributed by atoms with Crippen molar-refractivity contribution in [2.24, 2.45) is 0 Å². The highest BCUT2D eigenvalue weighted by molar-refractivity contribution is 6.36.